The number of rotatable bonds is 4. The number of aromatic nitrogens is 3. The molecule has 0 amide bonds. The first-order chi connectivity index (χ1) is 13.2. The molecule has 1 aliphatic carbocycles. The van der Waals surface area contributed by atoms with E-state index in [-0.39, 0.29) is 11.3 Å². The van der Waals surface area contributed by atoms with Gasteiger partial charge in [-0.05, 0) is 31.0 Å². The zero-order chi connectivity index (χ0) is 18.5. The second-order valence-corrected chi connectivity index (χ2v) is 7.47. The highest BCUT2D eigenvalue weighted by Gasteiger charge is 2.23. The van der Waals surface area contributed by atoms with Crippen LogP contribution in [0.2, 0.25) is 0 Å². The first kappa shape index (κ1) is 16.2. The van der Waals surface area contributed by atoms with E-state index in [4.69, 9.17) is 4.74 Å². The molecule has 1 saturated carbocycles. The number of thiophene rings is 1. The van der Waals surface area contributed by atoms with E-state index in [1.165, 1.54) is 47.5 Å². The topological polar surface area (TPSA) is 69.0 Å². The number of pyridine rings is 1. The number of halogens is 1. The van der Waals surface area contributed by atoms with E-state index in [0.29, 0.717) is 21.9 Å². The Labute approximate surface area is 157 Å². The van der Waals surface area contributed by atoms with Crippen molar-refractivity contribution in [3.8, 4) is 11.4 Å². The van der Waals surface area contributed by atoms with Crippen molar-refractivity contribution < 1.29 is 9.13 Å². The largest absolute Gasteiger partial charge is 0.494 e. The van der Waals surface area contributed by atoms with E-state index in [9.17, 15) is 9.18 Å². The van der Waals surface area contributed by atoms with Gasteiger partial charge >= 0.3 is 0 Å². The van der Waals surface area contributed by atoms with Gasteiger partial charge in [-0.15, -0.1) is 11.3 Å². The monoisotopic (exact) mass is 382 g/mol. The van der Waals surface area contributed by atoms with Gasteiger partial charge in [0.1, 0.15) is 15.9 Å². The normalized spacial score (nSPS) is 14.0. The molecule has 4 aromatic rings. The Bertz CT molecular complexity index is 1250. The van der Waals surface area contributed by atoms with Crippen molar-refractivity contribution in [1.82, 2.24) is 14.5 Å². The highest BCUT2D eigenvalue weighted by atomic mass is 32.1. The zero-order valence-corrected chi connectivity index (χ0v) is 15.2. The lowest BCUT2D eigenvalue weighted by molar-refractivity contribution is 0.386. The summed E-state index contributed by atoms with van der Waals surface area (Å²) in [6.07, 6.45) is 5.51. The van der Waals surface area contributed by atoms with Gasteiger partial charge < -0.3 is 10.1 Å². The summed E-state index contributed by atoms with van der Waals surface area (Å²) in [7, 11) is 1.39. The molecule has 0 atom stereocenters. The van der Waals surface area contributed by atoms with Gasteiger partial charge in [-0.25, -0.2) is 14.4 Å². The summed E-state index contributed by atoms with van der Waals surface area (Å²) in [5.41, 5.74) is 1.88. The second-order valence-electron chi connectivity index (χ2n) is 6.48. The number of fused-ring (bicyclic) bond motifs is 3. The molecule has 0 unspecified atom stereocenters. The van der Waals surface area contributed by atoms with Gasteiger partial charge in [0.25, 0.3) is 5.56 Å². The molecular formula is C19H15FN4O2S. The van der Waals surface area contributed by atoms with Gasteiger partial charge in [0, 0.05) is 24.0 Å². The summed E-state index contributed by atoms with van der Waals surface area (Å²) in [6.45, 7) is 0. The van der Waals surface area contributed by atoms with Crippen LogP contribution < -0.4 is 15.6 Å². The Morgan fingerprint density at radius 3 is 2.93 bits per heavy atom. The number of benzene rings is 1. The smallest absolute Gasteiger partial charge is 0.275 e. The first-order valence-electron chi connectivity index (χ1n) is 8.55. The molecule has 5 rings (SSSR count). The molecule has 8 heteroatoms. The highest BCUT2D eigenvalue weighted by molar-refractivity contribution is 7.25. The quantitative estimate of drug-likeness (QED) is 0.583. The van der Waals surface area contributed by atoms with Crippen molar-refractivity contribution >= 4 is 37.5 Å². The summed E-state index contributed by atoms with van der Waals surface area (Å²) < 4.78 is 20.6. The fourth-order valence-electron chi connectivity index (χ4n) is 3.10. The fraction of sp³-hybridized carbons (Fsp3) is 0.211. The minimum atomic E-state index is -0.481. The van der Waals surface area contributed by atoms with E-state index < -0.39 is 5.82 Å². The maximum atomic E-state index is 13.7. The van der Waals surface area contributed by atoms with Crippen LogP contribution in [0.15, 0.2) is 41.6 Å². The molecule has 6 nitrogen and oxygen atoms in total. The summed E-state index contributed by atoms with van der Waals surface area (Å²) >= 11 is 1.32. The third-order valence-electron chi connectivity index (χ3n) is 4.63. The fourth-order valence-corrected chi connectivity index (χ4v) is 4.16. The molecule has 136 valence electrons. The van der Waals surface area contributed by atoms with Crippen LogP contribution >= 0.6 is 11.3 Å². The van der Waals surface area contributed by atoms with E-state index in [1.54, 1.807) is 6.20 Å². The molecule has 27 heavy (non-hydrogen) atoms. The average molecular weight is 382 g/mol. The lowest BCUT2D eigenvalue weighted by Gasteiger charge is -2.08. The molecule has 1 aromatic carbocycles. The van der Waals surface area contributed by atoms with Crippen LogP contribution in [-0.4, -0.2) is 27.7 Å². The van der Waals surface area contributed by atoms with Crippen molar-refractivity contribution in [2.24, 2.45) is 0 Å². The van der Waals surface area contributed by atoms with Crippen LogP contribution in [0.25, 0.3) is 26.1 Å². The van der Waals surface area contributed by atoms with Crippen LogP contribution in [0.5, 0.6) is 5.75 Å². The van der Waals surface area contributed by atoms with Gasteiger partial charge in [0.05, 0.1) is 23.7 Å². The number of nitrogens with one attached hydrogen (secondary N) is 1. The van der Waals surface area contributed by atoms with Crippen molar-refractivity contribution in [1.29, 1.82) is 0 Å². The van der Waals surface area contributed by atoms with Crippen LogP contribution in [-0.2, 0) is 0 Å². The van der Waals surface area contributed by atoms with Gasteiger partial charge in [-0.1, -0.05) is 0 Å². The number of anilines is 1. The molecular weight excluding hydrogens is 367 g/mol. The Morgan fingerprint density at radius 2 is 2.15 bits per heavy atom. The van der Waals surface area contributed by atoms with Crippen molar-refractivity contribution in [3.05, 3.63) is 53.0 Å². The summed E-state index contributed by atoms with van der Waals surface area (Å²) in [5, 5.41) is 4.36. The van der Waals surface area contributed by atoms with E-state index in [2.05, 4.69) is 15.3 Å². The lowest BCUT2D eigenvalue weighted by atomic mass is 10.2. The van der Waals surface area contributed by atoms with E-state index in [1.807, 2.05) is 6.07 Å². The molecule has 3 heterocycles. The Hall–Kier alpha value is -3.00. The molecule has 0 aliphatic heterocycles. The Kier molecular flexibility index (Phi) is 3.61. The summed E-state index contributed by atoms with van der Waals surface area (Å²) in [6, 6.07) is 6.69. The number of hydrogen-bond acceptors (Lipinski definition) is 6. The first-order valence-corrected chi connectivity index (χ1v) is 9.36. The molecule has 0 spiro atoms. The maximum absolute atomic E-state index is 13.7. The number of methoxy groups -OCH3 is 1. The number of hydrogen-bond donors (Lipinski definition) is 1. The number of ether oxygens (including phenoxy) is 1. The minimum Gasteiger partial charge on any atom is -0.494 e. The standard InChI is InChI=1S/C19H15FN4O2S/c1-26-14-8-11(4-5-12(14)20)24-9-22-16-15-13(23-10-2-3-10)6-7-21-18(15)27-17(16)19(24)25/h4-10H,2-3H2,1H3,(H,21,23). The predicted molar refractivity (Wildman–Crippen MR) is 104 cm³/mol. The van der Waals surface area contributed by atoms with Crippen LogP contribution in [0, 0.1) is 5.82 Å². The van der Waals surface area contributed by atoms with Crippen molar-refractivity contribution in [3.63, 3.8) is 0 Å². The Morgan fingerprint density at radius 1 is 1.30 bits per heavy atom. The minimum absolute atomic E-state index is 0.0772. The van der Waals surface area contributed by atoms with Crippen molar-refractivity contribution in [2.75, 3.05) is 12.4 Å². The predicted octanol–water partition coefficient (Wildman–Crippen LogP) is 3.72. The maximum Gasteiger partial charge on any atom is 0.275 e. The third kappa shape index (κ3) is 2.64. The summed E-state index contributed by atoms with van der Waals surface area (Å²) in [5.74, 6) is -0.404. The third-order valence-corrected chi connectivity index (χ3v) is 5.71. The molecule has 0 bridgehead atoms. The molecule has 3 aromatic heterocycles. The van der Waals surface area contributed by atoms with Gasteiger partial charge in [0.15, 0.2) is 11.6 Å². The molecule has 0 radical (unpaired) electrons. The van der Waals surface area contributed by atoms with Crippen LogP contribution in [0.4, 0.5) is 10.1 Å². The van der Waals surface area contributed by atoms with Gasteiger partial charge in [0.2, 0.25) is 0 Å². The molecule has 0 saturated heterocycles. The van der Waals surface area contributed by atoms with Crippen molar-refractivity contribution in [2.45, 2.75) is 18.9 Å². The Balaban J connectivity index is 1.72. The SMILES string of the molecule is COc1cc(-n2cnc3c(sc4nccc(NC5CC5)c43)c2=O)ccc1F. The van der Waals surface area contributed by atoms with Gasteiger partial charge in [-0.2, -0.15) is 0 Å². The summed E-state index contributed by atoms with van der Waals surface area (Å²) in [4.78, 5) is 22.8. The highest BCUT2D eigenvalue weighted by Crippen LogP contribution is 2.36. The zero-order valence-electron chi connectivity index (χ0n) is 14.4. The van der Waals surface area contributed by atoms with Crippen LogP contribution in [0.1, 0.15) is 12.8 Å². The molecule has 1 aliphatic rings. The number of nitrogens with zero attached hydrogens (tertiary/aromatic N) is 3. The van der Waals surface area contributed by atoms with E-state index >= 15 is 0 Å². The van der Waals surface area contributed by atoms with Gasteiger partial charge in [-0.3, -0.25) is 9.36 Å². The average Bonchev–Trinajstić information content (AvgIpc) is 3.40. The molecule has 1 fully saturated rings. The van der Waals surface area contributed by atoms with Crippen LogP contribution in [0.3, 0.4) is 0 Å². The lowest BCUT2D eigenvalue weighted by Crippen LogP contribution is -2.17. The molecule has 1 N–H and O–H groups in total. The second kappa shape index (κ2) is 6.02. The van der Waals surface area contributed by atoms with E-state index in [0.717, 1.165) is 28.7 Å².